The number of hydrogen-bond acceptors (Lipinski definition) is 4. The van der Waals surface area contributed by atoms with Gasteiger partial charge in [-0.25, -0.2) is 12.8 Å². The molecule has 3 aromatic rings. The molecular formula is C20H17FN4O3S2. The first-order valence-corrected chi connectivity index (χ1v) is 10.5. The molecule has 0 saturated heterocycles. The molecule has 0 aliphatic heterocycles. The highest BCUT2D eigenvalue weighted by Crippen LogP contribution is 2.16. The van der Waals surface area contributed by atoms with E-state index in [1.165, 1.54) is 48.5 Å². The number of benzene rings is 3. The predicted octanol–water partition coefficient (Wildman–Crippen LogP) is 3.26. The number of hydrogen-bond donors (Lipinski definition) is 4. The van der Waals surface area contributed by atoms with Gasteiger partial charge in [-0.1, -0.05) is 30.3 Å². The van der Waals surface area contributed by atoms with Crippen molar-refractivity contribution in [3.63, 3.8) is 0 Å². The van der Waals surface area contributed by atoms with Gasteiger partial charge < -0.3 is 5.32 Å². The lowest BCUT2D eigenvalue weighted by atomic mass is 10.2. The summed E-state index contributed by atoms with van der Waals surface area (Å²) in [5.74, 6) is -0.994. The Morgan fingerprint density at radius 1 is 0.833 bits per heavy atom. The number of nitrogens with one attached hydrogen (secondary N) is 4. The van der Waals surface area contributed by atoms with Crippen LogP contribution < -0.4 is 20.9 Å². The standard InChI is InChI=1S/C20H17FN4O3S2/c21-17-8-4-5-9-18(17)22-20(29)24-23-19(26)14-10-12-15(13-11-14)25-30(27,28)16-6-2-1-3-7-16/h1-13,25H,(H,23,26)(H2,22,24,29). The Morgan fingerprint density at radius 3 is 2.13 bits per heavy atom. The molecule has 0 aliphatic carbocycles. The smallest absolute Gasteiger partial charge is 0.269 e. The molecule has 7 nitrogen and oxygen atoms in total. The van der Waals surface area contributed by atoms with E-state index in [4.69, 9.17) is 12.2 Å². The Kier molecular flexibility index (Phi) is 6.60. The number of thiocarbonyl (C=S) groups is 1. The second-order valence-electron chi connectivity index (χ2n) is 6.01. The van der Waals surface area contributed by atoms with Gasteiger partial charge in [-0.2, -0.15) is 0 Å². The minimum absolute atomic E-state index is 0.000640. The normalized spacial score (nSPS) is 10.7. The van der Waals surface area contributed by atoms with Crippen molar-refractivity contribution in [2.75, 3.05) is 10.0 Å². The first-order chi connectivity index (χ1) is 14.3. The van der Waals surface area contributed by atoms with Crippen molar-refractivity contribution in [1.82, 2.24) is 10.9 Å². The largest absolute Gasteiger partial charge is 0.329 e. The molecule has 1 amide bonds. The molecule has 3 rings (SSSR count). The summed E-state index contributed by atoms with van der Waals surface area (Å²) in [4.78, 5) is 12.3. The number of hydrazine groups is 1. The van der Waals surface area contributed by atoms with Gasteiger partial charge in [0.2, 0.25) is 0 Å². The Labute approximate surface area is 178 Å². The number of sulfonamides is 1. The van der Waals surface area contributed by atoms with Crippen LogP contribution in [0.1, 0.15) is 10.4 Å². The molecule has 0 atom stereocenters. The molecule has 3 aromatic carbocycles. The van der Waals surface area contributed by atoms with E-state index in [-0.39, 0.29) is 21.3 Å². The van der Waals surface area contributed by atoms with Crippen molar-refractivity contribution in [2.45, 2.75) is 4.90 Å². The maximum atomic E-state index is 13.6. The molecule has 0 spiro atoms. The zero-order valence-corrected chi connectivity index (χ0v) is 17.1. The van der Waals surface area contributed by atoms with Gasteiger partial charge >= 0.3 is 0 Å². The van der Waals surface area contributed by atoms with Gasteiger partial charge in [0.15, 0.2) is 5.11 Å². The number of amides is 1. The number of anilines is 2. The van der Waals surface area contributed by atoms with Crippen LogP contribution in [-0.2, 0) is 10.0 Å². The molecule has 0 aliphatic rings. The summed E-state index contributed by atoms with van der Waals surface area (Å²) < 4.78 is 40.7. The number of rotatable bonds is 5. The predicted molar refractivity (Wildman–Crippen MR) is 117 cm³/mol. The van der Waals surface area contributed by atoms with Crippen LogP contribution >= 0.6 is 12.2 Å². The molecule has 0 radical (unpaired) electrons. The van der Waals surface area contributed by atoms with Crippen LogP contribution in [0.5, 0.6) is 0 Å². The fraction of sp³-hybridized carbons (Fsp3) is 0. The Balaban J connectivity index is 1.56. The monoisotopic (exact) mass is 444 g/mol. The molecule has 0 heterocycles. The first kappa shape index (κ1) is 21.2. The van der Waals surface area contributed by atoms with Crippen LogP contribution in [0.4, 0.5) is 15.8 Å². The van der Waals surface area contributed by atoms with E-state index in [0.717, 1.165) is 0 Å². The van der Waals surface area contributed by atoms with Crippen molar-refractivity contribution in [1.29, 1.82) is 0 Å². The lowest BCUT2D eigenvalue weighted by Gasteiger charge is -2.12. The maximum Gasteiger partial charge on any atom is 0.269 e. The van der Waals surface area contributed by atoms with Gasteiger partial charge in [-0.05, 0) is 60.7 Å². The summed E-state index contributed by atoms with van der Waals surface area (Å²) in [6.07, 6.45) is 0. The van der Waals surface area contributed by atoms with Gasteiger partial charge in [-0.3, -0.25) is 20.4 Å². The van der Waals surface area contributed by atoms with Crippen molar-refractivity contribution >= 4 is 44.6 Å². The second kappa shape index (κ2) is 9.33. The summed E-state index contributed by atoms with van der Waals surface area (Å²) in [6.45, 7) is 0. The fourth-order valence-corrected chi connectivity index (χ4v) is 3.65. The van der Waals surface area contributed by atoms with Gasteiger partial charge in [0.1, 0.15) is 5.82 Å². The first-order valence-electron chi connectivity index (χ1n) is 8.65. The van der Waals surface area contributed by atoms with Crippen molar-refractivity contribution < 1.29 is 17.6 Å². The third-order valence-electron chi connectivity index (χ3n) is 3.86. The fourth-order valence-electron chi connectivity index (χ4n) is 2.41. The highest BCUT2D eigenvalue weighted by Gasteiger charge is 2.14. The van der Waals surface area contributed by atoms with E-state index in [0.29, 0.717) is 5.69 Å². The third-order valence-corrected chi connectivity index (χ3v) is 5.47. The van der Waals surface area contributed by atoms with Crippen LogP contribution in [0.3, 0.4) is 0 Å². The molecule has 0 bridgehead atoms. The van der Waals surface area contributed by atoms with Crippen LogP contribution in [0.2, 0.25) is 0 Å². The van der Waals surface area contributed by atoms with Gasteiger partial charge in [0, 0.05) is 11.3 Å². The van der Waals surface area contributed by atoms with E-state index >= 15 is 0 Å². The quantitative estimate of drug-likeness (QED) is 0.356. The zero-order valence-electron chi connectivity index (χ0n) is 15.4. The van der Waals surface area contributed by atoms with E-state index < -0.39 is 21.7 Å². The molecule has 30 heavy (non-hydrogen) atoms. The van der Waals surface area contributed by atoms with Crippen LogP contribution in [0, 0.1) is 5.82 Å². The lowest BCUT2D eigenvalue weighted by molar-refractivity contribution is 0.0944. The Hall–Kier alpha value is -3.50. The molecule has 10 heteroatoms. The number of para-hydroxylation sites is 1. The number of halogens is 1. The minimum Gasteiger partial charge on any atom is -0.329 e. The Bertz CT molecular complexity index is 1150. The zero-order chi connectivity index (χ0) is 21.6. The van der Waals surface area contributed by atoms with Gasteiger partial charge in [-0.15, -0.1) is 0 Å². The average Bonchev–Trinajstić information content (AvgIpc) is 2.74. The molecule has 154 valence electrons. The molecular weight excluding hydrogens is 427 g/mol. The molecule has 0 saturated carbocycles. The van der Waals surface area contributed by atoms with Crippen molar-refractivity contribution in [3.8, 4) is 0 Å². The van der Waals surface area contributed by atoms with Crippen LogP contribution in [-0.4, -0.2) is 19.4 Å². The summed E-state index contributed by atoms with van der Waals surface area (Å²) >= 11 is 5.01. The Morgan fingerprint density at radius 2 is 1.47 bits per heavy atom. The van der Waals surface area contributed by atoms with Gasteiger partial charge in [0.25, 0.3) is 15.9 Å². The van der Waals surface area contributed by atoms with Crippen LogP contribution in [0.15, 0.2) is 83.8 Å². The minimum atomic E-state index is -3.72. The third kappa shape index (κ3) is 5.52. The molecule has 0 aromatic heterocycles. The van der Waals surface area contributed by atoms with Crippen LogP contribution in [0.25, 0.3) is 0 Å². The van der Waals surface area contributed by atoms with Gasteiger partial charge in [0.05, 0.1) is 10.6 Å². The molecule has 0 unspecified atom stereocenters. The van der Waals surface area contributed by atoms with E-state index in [2.05, 4.69) is 20.9 Å². The summed E-state index contributed by atoms with van der Waals surface area (Å²) in [7, 11) is -3.72. The topological polar surface area (TPSA) is 99.3 Å². The average molecular weight is 445 g/mol. The summed E-state index contributed by atoms with van der Waals surface area (Å²) in [6, 6.07) is 19.7. The van der Waals surface area contributed by atoms with E-state index in [1.54, 1.807) is 30.3 Å². The van der Waals surface area contributed by atoms with Crippen molar-refractivity contribution in [3.05, 3.63) is 90.2 Å². The SMILES string of the molecule is O=C(NNC(=S)Nc1ccccc1F)c1ccc(NS(=O)(=O)c2ccccc2)cc1. The highest BCUT2D eigenvalue weighted by atomic mass is 32.2. The summed E-state index contributed by atoms with van der Waals surface area (Å²) in [5, 5.41) is 2.62. The van der Waals surface area contributed by atoms with E-state index in [9.17, 15) is 17.6 Å². The maximum absolute atomic E-state index is 13.6. The number of carbonyl (C=O) groups excluding carboxylic acids is 1. The van der Waals surface area contributed by atoms with E-state index in [1.807, 2.05) is 0 Å². The molecule has 4 N–H and O–H groups in total. The second-order valence-corrected chi connectivity index (χ2v) is 8.10. The number of carbonyl (C=O) groups is 1. The van der Waals surface area contributed by atoms with Crippen molar-refractivity contribution in [2.24, 2.45) is 0 Å². The highest BCUT2D eigenvalue weighted by molar-refractivity contribution is 7.92. The summed E-state index contributed by atoms with van der Waals surface area (Å²) in [5.41, 5.74) is 5.59. The molecule has 0 fully saturated rings. The lowest BCUT2D eigenvalue weighted by Crippen LogP contribution is -2.43.